The number of hydrogen-bond donors (Lipinski definition) is 1. The highest BCUT2D eigenvalue weighted by molar-refractivity contribution is 8.01. The van der Waals surface area contributed by atoms with Gasteiger partial charge in [-0.15, -0.1) is 10.2 Å². The molecule has 3 rings (SSSR count). The number of carbonyl (C=O) groups is 1. The smallest absolute Gasteiger partial charge is 0.266 e. The predicted molar refractivity (Wildman–Crippen MR) is 104 cm³/mol. The fraction of sp³-hybridized carbons (Fsp3) is 0.278. The van der Waals surface area contributed by atoms with E-state index in [1.807, 2.05) is 42.5 Å². The van der Waals surface area contributed by atoms with Gasteiger partial charge in [-0.05, 0) is 18.4 Å². The first-order valence-corrected chi connectivity index (χ1v) is 9.68. The summed E-state index contributed by atoms with van der Waals surface area (Å²) >= 11 is 2.99. The number of fused-ring (bicyclic) bond motifs is 1. The van der Waals surface area contributed by atoms with E-state index in [4.69, 9.17) is 4.74 Å². The van der Waals surface area contributed by atoms with Gasteiger partial charge in [0, 0.05) is 10.6 Å². The van der Waals surface area contributed by atoms with Gasteiger partial charge < -0.3 is 4.74 Å². The molecule has 2 aromatic carbocycles. The van der Waals surface area contributed by atoms with Crippen LogP contribution in [0.2, 0.25) is 0 Å². The molecule has 0 aliphatic heterocycles. The van der Waals surface area contributed by atoms with Crippen LogP contribution in [0.25, 0.3) is 10.8 Å². The van der Waals surface area contributed by atoms with E-state index in [1.165, 1.54) is 11.3 Å². The first-order chi connectivity index (χ1) is 12.0. The van der Waals surface area contributed by atoms with Crippen molar-refractivity contribution in [2.75, 3.05) is 5.32 Å². The molecular weight excluding hydrogens is 354 g/mol. The molecule has 25 heavy (non-hydrogen) atoms. The minimum atomic E-state index is -0.643. The molecule has 1 aromatic heterocycles. The van der Waals surface area contributed by atoms with Gasteiger partial charge >= 0.3 is 0 Å². The number of ether oxygens (including phenoxy) is 1. The molecule has 0 fully saturated rings. The molecule has 0 spiro atoms. The summed E-state index contributed by atoms with van der Waals surface area (Å²) in [6.45, 7) is 5.90. The average Bonchev–Trinajstić information content (AvgIpc) is 3.01. The molecule has 0 bridgehead atoms. The number of anilines is 1. The summed E-state index contributed by atoms with van der Waals surface area (Å²) in [6, 6.07) is 13.7. The molecule has 5 nitrogen and oxygen atoms in total. The molecular formula is C18H19N3O2S2. The maximum atomic E-state index is 12.4. The van der Waals surface area contributed by atoms with Crippen molar-refractivity contribution < 1.29 is 9.53 Å². The van der Waals surface area contributed by atoms with Crippen molar-refractivity contribution in [3.63, 3.8) is 0 Å². The van der Waals surface area contributed by atoms with Crippen molar-refractivity contribution in [3.8, 4) is 5.75 Å². The lowest BCUT2D eigenvalue weighted by atomic mass is 10.1. The molecule has 130 valence electrons. The number of nitrogens with one attached hydrogen (secondary N) is 1. The molecule has 1 N–H and O–H groups in total. The zero-order chi connectivity index (χ0) is 17.8. The molecule has 1 amide bonds. The van der Waals surface area contributed by atoms with Gasteiger partial charge in [-0.2, -0.15) is 0 Å². The summed E-state index contributed by atoms with van der Waals surface area (Å²) in [4.78, 5) is 12.4. The molecule has 7 heteroatoms. The van der Waals surface area contributed by atoms with Crippen LogP contribution in [0.4, 0.5) is 5.13 Å². The standard InChI is InChI=1S/C18H19N3O2S2/c1-11(2)24-18-21-20-17(25-18)19-16(22)12(3)23-15-10-6-8-13-7-4-5-9-14(13)15/h4-12H,1-3H3,(H,19,20,22). The minimum Gasteiger partial charge on any atom is -0.480 e. The Hall–Kier alpha value is -2.12. The molecule has 3 aromatic rings. The van der Waals surface area contributed by atoms with Gasteiger partial charge in [0.1, 0.15) is 5.75 Å². The summed E-state index contributed by atoms with van der Waals surface area (Å²) < 4.78 is 6.71. The van der Waals surface area contributed by atoms with Gasteiger partial charge in [0.2, 0.25) is 5.13 Å². The molecule has 0 radical (unpaired) electrons. The summed E-state index contributed by atoms with van der Waals surface area (Å²) in [6.07, 6.45) is -0.643. The molecule has 0 aliphatic carbocycles. The van der Waals surface area contributed by atoms with Crippen molar-refractivity contribution in [1.29, 1.82) is 0 Å². The van der Waals surface area contributed by atoms with Gasteiger partial charge in [-0.25, -0.2) is 0 Å². The highest BCUT2D eigenvalue weighted by Gasteiger charge is 2.18. The molecule has 1 atom stereocenters. The lowest BCUT2D eigenvalue weighted by Crippen LogP contribution is -2.30. The van der Waals surface area contributed by atoms with Crippen LogP contribution in [0.3, 0.4) is 0 Å². The first-order valence-electron chi connectivity index (χ1n) is 7.98. The Balaban J connectivity index is 1.67. The fourth-order valence-electron chi connectivity index (χ4n) is 2.26. The van der Waals surface area contributed by atoms with Crippen LogP contribution in [-0.2, 0) is 4.79 Å². The topological polar surface area (TPSA) is 64.1 Å². The number of hydrogen-bond acceptors (Lipinski definition) is 6. The number of nitrogens with zero attached hydrogens (tertiary/aromatic N) is 2. The Morgan fingerprint density at radius 2 is 1.88 bits per heavy atom. The maximum absolute atomic E-state index is 12.4. The molecule has 1 unspecified atom stereocenters. The van der Waals surface area contributed by atoms with Crippen molar-refractivity contribution in [2.45, 2.75) is 36.5 Å². The Morgan fingerprint density at radius 1 is 1.12 bits per heavy atom. The molecule has 0 saturated heterocycles. The van der Waals surface area contributed by atoms with E-state index < -0.39 is 6.10 Å². The monoisotopic (exact) mass is 373 g/mol. The minimum absolute atomic E-state index is 0.245. The van der Waals surface area contributed by atoms with Gasteiger partial charge in [0.15, 0.2) is 10.4 Å². The second kappa shape index (κ2) is 7.84. The van der Waals surface area contributed by atoms with Crippen LogP contribution in [0.15, 0.2) is 46.8 Å². The Morgan fingerprint density at radius 3 is 2.68 bits per heavy atom. The average molecular weight is 374 g/mol. The number of rotatable bonds is 6. The van der Waals surface area contributed by atoms with Crippen LogP contribution in [0.1, 0.15) is 20.8 Å². The van der Waals surface area contributed by atoms with Crippen LogP contribution in [-0.4, -0.2) is 27.5 Å². The van der Waals surface area contributed by atoms with Crippen LogP contribution >= 0.6 is 23.1 Å². The van der Waals surface area contributed by atoms with Gasteiger partial charge in [-0.3, -0.25) is 10.1 Å². The lowest BCUT2D eigenvalue weighted by Gasteiger charge is -2.15. The van der Waals surface area contributed by atoms with Crippen LogP contribution in [0.5, 0.6) is 5.75 Å². The van der Waals surface area contributed by atoms with E-state index >= 15 is 0 Å². The molecule has 0 aliphatic rings. The number of aromatic nitrogens is 2. The number of benzene rings is 2. The van der Waals surface area contributed by atoms with Crippen molar-refractivity contribution in [2.24, 2.45) is 0 Å². The van der Waals surface area contributed by atoms with Crippen molar-refractivity contribution in [1.82, 2.24) is 10.2 Å². The predicted octanol–water partition coefficient (Wildman–Crippen LogP) is 4.60. The lowest BCUT2D eigenvalue weighted by molar-refractivity contribution is -0.122. The van der Waals surface area contributed by atoms with Crippen LogP contribution < -0.4 is 10.1 Å². The van der Waals surface area contributed by atoms with E-state index in [2.05, 4.69) is 29.4 Å². The van der Waals surface area contributed by atoms with E-state index in [0.717, 1.165) is 15.1 Å². The summed E-state index contributed by atoms with van der Waals surface area (Å²) in [5.41, 5.74) is 0. The molecule has 0 saturated carbocycles. The van der Waals surface area contributed by atoms with E-state index in [9.17, 15) is 4.79 Å². The van der Waals surface area contributed by atoms with E-state index in [0.29, 0.717) is 16.1 Å². The third kappa shape index (κ3) is 4.49. The first kappa shape index (κ1) is 17.7. The van der Waals surface area contributed by atoms with E-state index in [-0.39, 0.29) is 5.91 Å². The summed E-state index contributed by atoms with van der Waals surface area (Å²) in [7, 11) is 0. The highest BCUT2D eigenvalue weighted by atomic mass is 32.2. The summed E-state index contributed by atoms with van der Waals surface area (Å²) in [5.74, 6) is 0.444. The van der Waals surface area contributed by atoms with Gasteiger partial charge in [0.05, 0.1) is 0 Å². The number of amides is 1. The normalized spacial score (nSPS) is 12.3. The number of thioether (sulfide) groups is 1. The van der Waals surface area contributed by atoms with Gasteiger partial charge in [0.25, 0.3) is 5.91 Å². The Kier molecular flexibility index (Phi) is 5.55. The zero-order valence-corrected chi connectivity index (χ0v) is 15.9. The summed E-state index contributed by atoms with van der Waals surface area (Å²) in [5, 5.41) is 13.8. The fourth-order valence-corrected chi connectivity index (χ4v) is 4.24. The largest absolute Gasteiger partial charge is 0.480 e. The second-order valence-corrected chi connectivity index (χ2v) is 8.57. The van der Waals surface area contributed by atoms with Crippen molar-refractivity contribution >= 4 is 44.9 Å². The highest BCUT2D eigenvalue weighted by Crippen LogP contribution is 2.29. The van der Waals surface area contributed by atoms with Crippen molar-refractivity contribution in [3.05, 3.63) is 42.5 Å². The third-order valence-electron chi connectivity index (χ3n) is 3.40. The Bertz CT molecular complexity index is 874. The second-order valence-electron chi connectivity index (χ2n) is 5.77. The molecule has 1 heterocycles. The zero-order valence-electron chi connectivity index (χ0n) is 14.2. The van der Waals surface area contributed by atoms with Gasteiger partial charge in [-0.1, -0.05) is 73.3 Å². The van der Waals surface area contributed by atoms with E-state index in [1.54, 1.807) is 18.7 Å². The quantitative estimate of drug-likeness (QED) is 0.505. The number of carbonyl (C=O) groups excluding carboxylic acids is 1. The third-order valence-corrected chi connectivity index (χ3v) is 5.32. The Labute approximate surface area is 154 Å². The SMILES string of the molecule is CC(C)Sc1nnc(NC(=O)C(C)Oc2cccc3ccccc23)s1. The maximum Gasteiger partial charge on any atom is 0.266 e. The van der Waals surface area contributed by atoms with Crippen LogP contribution in [0, 0.1) is 0 Å².